The number of aliphatic carboxylic acids is 1. The summed E-state index contributed by atoms with van der Waals surface area (Å²) in [4.78, 5) is 20.6. The highest BCUT2D eigenvalue weighted by Crippen LogP contribution is 2.54. The minimum Gasteiger partial charge on any atom is -0.480 e. The Morgan fingerprint density at radius 1 is 1.42 bits per heavy atom. The molecule has 1 aromatic rings. The molecule has 1 fully saturated rings. The molecule has 0 bridgehead atoms. The largest absolute Gasteiger partial charge is 0.480 e. The standard InChI is InChI=1S/C13H16NO8PS/c1-13(7-19-6-12(15)16)8-20-23(24,21-9-13)22-11-4-2-10(3-5-11)14(17)18/h2-5H,6-9H2,1H3,(H,15,16). The molecule has 9 nitrogen and oxygen atoms in total. The van der Waals surface area contributed by atoms with E-state index in [2.05, 4.69) is 0 Å². The van der Waals surface area contributed by atoms with E-state index < -0.39 is 29.6 Å². The summed E-state index contributed by atoms with van der Waals surface area (Å²) < 4.78 is 21.7. The SMILES string of the molecule is CC1(COCC(=O)O)COP(=S)(Oc2ccc([N+](=O)[O-])cc2)OC1. The van der Waals surface area contributed by atoms with Crippen molar-refractivity contribution in [2.24, 2.45) is 5.41 Å². The van der Waals surface area contributed by atoms with Gasteiger partial charge >= 0.3 is 12.7 Å². The predicted octanol–water partition coefficient (Wildman–Crippen LogP) is 2.35. The number of non-ortho nitro benzene ring substituents is 1. The zero-order valence-corrected chi connectivity index (χ0v) is 14.5. The van der Waals surface area contributed by atoms with Gasteiger partial charge in [0.15, 0.2) is 0 Å². The molecule has 1 aliphatic heterocycles. The first-order chi connectivity index (χ1) is 11.2. The summed E-state index contributed by atoms with van der Waals surface area (Å²) in [5.41, 5.74) is -0.593. The van der Waals surface area contributed by atoms with E-state index in [9.17, 15) is 14.9 Å². The van der Waals surface area contributed by atoms with Crippen molar-refractivity contribution < 1.29 is 33.1 Å². The Morgan fingerprint density at radius 2 is 2.00 bits per heavy atom. The predicted molar refractivity (Wildman–Crippen MR) is 86.5 cm³/mol. The number of nitro groups is 1. The second-order valence-corrected chi connectivity index (χ2v) is 8.47. The first-order valence-electron chi connectivity index (χ1n) is 6.84. The van der Waals surface area contributed by atoms with Crippen LogP contribution in [0, 0.1) is 15.5 Å². The van der Waals surface area contributed by atoms with Crippen LogP contribution in [-0.2, 0) is 30.4 Å². The Hall–Kier alpha value is -1.58. The van der Waals surface area contributed by atoms with Gasteiger partial charge in [0.25, 0.3) is 5.69 Å². The molecule has 1 heterocycles. The summed E-state index contributed by atoms with van der Waals surface area (Å²) >= 11 is 5.25. The lowest BCUT2D eigenvalue weighted by Gasteiger charge is -2.37. The highest BCUT2D eigenvalue weighted by molar-refractivity contribution is 8.07. The molecule has 0 spiro atoms. The fourth-order valence-electron chi connectivity index (χ4n) is 1.83. The van der Waals surface area contributed by atoms with Gasteiger partial charge in [0, 0.05) is 29.4 Å². The molecule has 11 heteroatoms. The van der Waals surface area contributed by atoms with Gasteiger partial charge in [-0.05, 0) is 12.1 Å². The molecule has 1 aromatic carbocycles. The van der Waals surface area contributed by atoms with Crippen molar-refractivity contribution in [3.8, 4) is 5.75 Å². The second kappa shape index (κ2) is 7.54. The average Bonchev–Trinajstić information content (AvgIpc) is 2.51. The van der Waals surface area contributed by atoms with Crippen LogP contribution in [0.5, 0.6) is 5.75 Å². The van der Waals surface area contributed by atoms with Crippen molar-refractivity contribution in [1.82, 2.24) is 0 Å². The molecule has 0 unspecified atom stereocenters. The van der Waals surface area contributed by atoms with Gasteiger partial charge in [0.2, 0.25) is 0 Å². The summed E-state index contributed by atoms with van der Waals surface area (Å²) in [6, 6.07) is 5.43. The van der Waals surface area contributed by atoms with Crippen LogP contribution < -0.4 is 4.52 Å². The summed E-state index contributed by atoms with van der Waals surface area (Å²) in [6.07, 6.45) is 0. The Balaban J connectivity index is 1.90. The van der Waals surface area contributed by atoms with Crippen LogP contribution in [0.25, 0.3) is 0 Å². The number of carboxylic acids is 1. The van der Waals surface area contributed by atoms with Crippen LogP contribution in [0.3, 0.4) is 0 Å². The van der Waals surface area contributed by atoms with Crippen LogP contribution in [0.4, 0.5) is 5.69 Å². The topological polar surface area (TPSA) is 117 Å². The molecular weight excluding hydrogens is 361 g/mol. The molecule has 0 aromatic heterocycles. The fraction of sp³-hybridized carbons (Fsp3) is 0.462. The van der Waals surface area contributed by atoms with E-state index >= 15 is 0 Å². The van der Waals surface area contributed by atoms with E-state index in [1.807, 2.05) is 6.92 Å². The third-order valence-corrected chi connectivity index (χ3v) is 5.26. The number of rotatable bonds is 7. The molecule has 2 rings (SSSR count). The zero-order chi connectivity index (χ0) is 17.8. The summed E-state index contributed by atoms with van der Waals surface area (Å²) in [5.74, 6) is -0.738. The third kappa shape index (κ3) is 5.22. The van der Waals surface area contributed by atoms with Crippen molar-refractivity contribution in [2.45, 2.75) is 6.92 Å². The minimum atomic E-state index is -3.01. The molecule has 1 N–H and O–H groups in total. The lowest BCUT2D eigenvalue weighted by molar-refractivity contribution is -0.384. The van der Waals surface area contributed by atoms with E-state index in [0.717, 1.165) is 0 Å². The third-order valence-electron chi connectivity index (χ3n) is 3.08. The van der Waals surface area contributed by atoms with Crippen LogP contribution >= 0.6 is 6.72 Å². The summed E-state index contributed by atoms with van der Waals surface area (Å²) in [5, 5.41) is 19.2. The number of carbonyl (C=O) groups is 1. The highest BCUT2D eigenvalue weighted by Gasteiger charge is 2.39. The van der Waals surface area contributed by atoms with Gasteiger partial charge in [-0.2, -0.15) is 0 Å². The number of ether oxygens (including phenoxy) is 1. The van der Waals surface area contributed by atoms with Crippen molar-refractivity contribution in [3.05, 3.63) is 34.4 Å². The normalized spacial score (nSPS) is 26.7. The van der Waals surface area contributed by atoms with Gasteiger partial charge in [0.1, 0.15) is 12.4 Å². The zero-order valence-electron chi connectivity index (χ0n) is 12.7. The number of nitro benzene ring substituents is 1. The Kier molecular flexibility index (Phi) is 5.89. The van der Waals surface area contributed by atoms with Crippen molar-refractivity contribution in [3.63, 3.8) is 0 Å². The maximum atomic E-state index is 10.6. The highest BCUT2D eigenvalue weighted by atomic mass is 32.5. The Bertz CT molecular complexity index is 652. The minimum absolute atomic E-state index is 0.0623. The molecular formula is C13H16NO8PS. The van der Waals surface area contributed by atoms with Crippen molar-refractivity contribution in [2.75, 3.05) is 26.4 Å². The molecule has 0 saturated carbocycles. The first kappa shape index (κ1) is 18.8. The van der Waals surface area contributed by atoms with Gasteiger partial charge in [-0.25, -0.2) is 4.79 Å². The maximum absolute atomic E-state index is 10.6. The monoisotopic (exact) mass is 377 g/mol. The van der Waals surface area contributed by atoms with Gasteiger partial charge in [0.05, 0.1) is 24.7 Å². The van der Waals surface area contributed by atoms with E-state index in [0.29, 0.717) is 5.75 Å². The molecule has 1 saturated heterocycles. The number of hydrogen-bond acceptors (Lipinski definition) is 8. The quantitative estimate of drug-likeness (QED) is 0.434. The maximum Gasteiger partial charge on any atom is 0.380 e. The van der Waals surface area contributed by atoms with Gasteiger partial charge in [-0.1, -0.05) is 6.92 Å². The van der Waals surface area contributed by atoms with Gasteiger partial charge in [-0.3, -0.25) is 19.2 Å². The van der Waals surface area contributed by atoms with Gasteiger partial charge in [-0.15, -0.1) is 0 Å². The number of hydrogen-bond donors (Lipinski definition) is 1. The smallest absolute Gasteiger partial charge is 0.380 e. The number of carboxylic acid groups (broad SMARTS) is 1. The van der Waals surface area contributed by atoms with Crippen LogP contribution in [0.1, 0.15) is 6.92 Å². The summed E-state index contributed by atoms with van der Waals surface area (Å²) in [6.45, 7) is -1.07. The van der Waals surface area contributed by atoms with Crippen LogP contribution in [0.15, 0.2) is 24.3 Å². The first-order valence-corrected chi connectivity index (χ1v) is 9.40. The molecule has 0 radical (unpaired) electrons. The average molecular weight is 377 g/mol. The van der Waals surface area contributed by atoms with E-state index in [4.69, 9.17) is 35.2 Å². The Labute approximate surface area is 142 Å². The number of nitrogens with zero attached hydrogens (tertiary/aromatic N) is 1. The van der Waals surface area contributed by atoms with Gasteiger partial charge < -0.3 is 14.4 Å². The molecule has 0 aliphatic carbocycles. The van der Waals surface area contributed by atoms with Crippen LogP contribution in [0.2, 0.25) is 0 Å². The lowest BCUT2D eigenvalue weighted by atomic mass is 9.94. The lowest BCUT2D eigenvalue weighted by Crippen LogP contribution is -2.38. The van der Waals surface area contributed by atoms with Crippen molar-refractivity contribution >= 4 is 30.2 Å². The molecule has 132 valence electrons. The Morgan fingerprint density at radius 3 is 2.50 bits per heavy atom. The number of benzene rings is 1. The van der Waals surface area contributed by atoms with Crippen LogP contribution in [-0.4, -0.2) is 42.4 Å². The van der Waals surface area contributed by atoms with E-state index in [1.165, 1.54) is 24.3 Å². The summed E-state index contributed by atoms with van der Waals surface area (Å²) in [7, 11) is 0. The van der Waals surface area contributed by atoms with E-state index in [1.54, 1.807) is 0 Å². The molecule has 0 amide bonds. The molecule has 1 aliphatic rings. The molecule has 24 heavy (non-hydrogen) atoms. The second-order valence-electron chi connectivity index (χ2n) is 5.53. The van der Waals surface area contributed by atoms with Crippen molar-refractivity contribution in [1.29, 1.82) is 0 Å². The van der Waals surface area contributed by atoms with E-state index in [-0.39, 0.29) is 25.5 Å². The molecule has 0 atom stereocenters. The fourth-order valence-corrected chi connectivity index (χ4v) is 3.90.